The van der Waals surface area contributed by atoms with E-state index in [2.05, 4.69) is 10.3 Å². The highest BCUT2D eigenvalue weighted by atomic mass is 16.5. The van der Waals surface area contributed by atoms with Crippen LogP contribution in [0.15, 0.2) is 36.7 Å². The van der Waals surface area contributed by atoms with Gasteiger partial charge in [-0.15, -0.1) is 0 Å². The van der Waals surface area contributed by atoms with Crippen molar-refractivity contribution in [2.24, 2.45) is 0 Å². The molecule has 0 fully saturated rings. The van der Waals surface area contributed by atoms with E-state index in [-0.39, 0.29) is 5.56 Å². The molecule has 0 atom stereocenters. The van der Waals surface area contributed by atoms with Crippen molar-refractivity contribution in [2.75, 3.05) is 12.4 Å². The number of hydrogen-bond acceptors (Lipinski definition) is 4. The molecule has 0 saturated heterocycles. The Bertz CT molecular complexity index is 626. The predicted molar refractivity (Wildman–Crippen MR) is 76.3 cm³/mol. The van der Waals surface area contributed by atoms with Crippen molar-refractivity contribution in [1.82, 2.24) is 4.98 Å². The Morgan fingerprint density at radius 3 is 2.85 bits per heavy atom. The van der Waals surface area contributed by atoms with Gasteiger partial charge in [-0.25, -0.2) is 4.79 Å². The number of pyridine rings is 1. The van der Waals surface area contributed by atoms with Crippen molar-refractivity contribution in [3.63, 3.8) is 0 Å². The Morgan fingerprint density at radius 2 is 2.20 bits per heavy atom. The molecule has 0 aliphatic carbocycles. The summed E-state index contributed by atoms with van der Waals surface area (Å²) in [7, 11) is 1.55. The zero-order valence-corrected chi connectivity index (χ0v) is 11.4. The highest BCUT2D eigenvalue weighted by Gasteiger charge is 2.09. The summed E-state index contributed by atoms with van der Waals surface area (Å²) in [6, 6.07) is 6.65. The van der Waals surface area contributed by atoms with Crippen LogP contribution in [-0.4, -0.2) is 23.2 Å². The molecule has 0 amide bonds. The van der Waals surface area contributed by atoms with E-state index in [0.29, 0.717) is 18.0 Å². The number of nitrogens with zero attached hydrogens (tertiary/aromatic N) is 1. The van der Waals surface area contributed by atoms with E-state index in [1.807, 2.05) is 13.0 Å². The number of methoxy groups -OCH3 is 1. The predicted octanol–water partition coefficient (Wildman–Crippen LogP) is 2.71. The number of aromatic carboxylic acids is 1. The average Bonchev–Trinajstić information content (AvgIpc) is 2.46. The van der Waals surface area contributed by atoms with Gasteiger partial charge in [-0.2, -0.15) is 0 Å². The summed E-state index contributed by atoms with van der Waals surface area (Å²) in [6.07, 6.45) is 3.53. The number of aryl methyl sites for hydroxylation is 1. The Morgan fingerprint density at radius 1 is 1.40 bits per heavy atom. The number of rotatable bonds is 5. The lowest BCUT2D eigenvalue weighted by Gasteiger charge is -2.13. The number of nitrogens with one attached hydrogen (secondary N) is 1. The molecular formula is C15H16N2O3. The largest absolute Gasteiger partial charge is 0.495 e. The van der Waals surface area contributed by atoms with Gasteiger partial charge < -0.3 is 15.2 Å². The zero-order chi connectivity index (χ0) is 14.5. The van der Waals surface area contributed by atoms with Gasteiger partial charge in [-0.1, -0.05) is 0 Å². The first kappa shape index (κ1) is 13.9. The van der Waals surface area contributed by atoms with Crippen molar-refractivity contribution in [2.45, 2.75) is 13.5 Å². The van der Waals surface area contributed by atoms with E-state index in [0.717, 1.165) is 11.1 Å². The number of aromatic nitrogens is 1. The third-order valence-corrected chi connectivity index (χ3v) is 3.06. The van der Waals surface area contributed by atoms with Crippen LogP contribution in [0.4, 0.5) is 5.69 Å². The van der Waals surface area contributed by atoms with Gasteiger partial charge >= 0.3 is 5.97 Å². The highest BCUT2D eigenvalue weighted by molar-refractivity contribution is 5.89. The topological polar surface area (TPSA) is 71.5 Å². The molecule has 0 aliphatic heterocycles. The molecule has 20 heavy (non-hydrogen) atoms. The van der Waals surface area contributed by atoms with Crippen LogP contribution in [0.25, 0.3) is 0 Å². The van der Waals surface area contributed by atoms with Crippen LogP contribution in [-0.2, 0) is 6.54 Å². The second-order valence-corrected chi connectivity index (χ2v) is 4.38. The Kier molecular flexibility index (Phi) is 4.20. The molecule has 2 N–H and O–H groups in total. The number of anilines is 1. The summed E-state index contributed by atoms with van der Waals surface area (Å²) in [5.41, 5.74) is 3.04. The zero-order valence-electron chi connectivity index (χ0n) is 11.4. The summed E-state index contributed by atoms with van der Waals surface area (Å²) in [5.74, 6) is -0.357. The summed E-state index contributed by atoms with van der Waals surface area (Å²) in [5, 5.41) is 12.2. The molecule has 1 aromatic carbocycles. The average molecular weight is 272 g/mol. The van der Waals surface area contributed by atoms with Crippen LogP contribution in [0.3, 0.4) is 0 Å². The maximum Gasteiger partial charge on any atom is 0.335 e. The van der Waals surface area contributed by atoms with Gasteiger partial charge in [0.05, 0.1) is 18.4 Å². The second-order valence-electron chi connectivity index (χ2n) is 4.38. The van der Waals surface area contributed by atoms with Gasteiger partial charge in [-0.05, 0) is 42.3 Å². The fourth-order valence-corrected chi connectivity index (χ4v) is 1.85. The van der Waals surface area contributed by atoms with Crippen LogP contribution in [0, 0.1) is 6.92 Å². The molecule has 1 heterocycles. The number of benzene rings is 1. The molecule has 5 nitrogen and oxygen atoms in total. The maximum absolute atomic E-state index is 11.0. The Labute approximate surface area is 117 Å². The number of carboxylic acid groups (broad SMARTS) is 1. The Hall–Kier alpha value is -2.56. The summed E-state index contributed by atoms with van der Waals surface area (Å²) in [4.78, 5) is 15.1. The van der Waals surface area contributed by atoms with Crippen LogP contribution in [0.2, 0.25) is 0 Å². The van der Waals surface area contributed by atoms with E-state index in [1.54, 1.807) is 31.6 Å². The number of hydrogen-bond donors (Lipinski definition) is 2. The minimum Gasteiger partial charge on any atom is -0.495 e. The molecule has 1 aromatic heterocycles. The standard InChI is InChI=1S/C15H16N2O3/c1-10-5-6-16-8-12(10)9-17-13-7-11(15(18)19)3-4-14(13)20-2/h3-8,17H,9H2,1-2H3,(H,18,19). The fraction of sp³-hybridized carbons (Fsp3) is 0.200. The summed E-state index contributed by atoms with van der Waals surface area (Å²) in [6.45, 7) is 2.56. The van der Waals surface area contributed by atoms with Gasteiger partial charge in [0.15, 0.2) is 0 Å². The third-order valence-electron chi connectivity index (χ3n) is 3.06. The van der Waals surface area contributed by atoms with E-state index in [4.69, 9.17) is 9.84 Å². The van der Waals surface area contributed by atoms with E-state index in [1.165, 1.54) is 6.07 Å². The van der Waals surface area contributed by atoms with E-state index >= 15 is 0 Å². The first-order chi connectivity index (χ1) is 9.61. The number of ether oxygens (including phenoxy) is 1. The van der Waals surface area contributed by atoms with Crippen LogP contribution in [0.1, 0.15) is 21.5 Å². The van der Waals surface area contributed by atoms with Crippen molar-refractivity contribution >= 4 is 11.7 Å². The van der Waals surface area contributed by atoms with Crippen LogP contribution < -0.4 is 10.1 Å². The molecule has 0 radical (unpaired) electrons. The van der Waals surface area contributed by atoms with Crippen molar-refractivity contribution < 1.29 is 14.6 Å². The summed E-state index contributed by atoms with van der Waals surface area (Å²) >= 11 is 0. The molecule has 2 rings (SSSR count). The van der Waals surface area contributed by atoms with Gasteiger partial charge in [0.25, 0.3) is 0 Å². The van der Waals surface area contributed by atoms with Crippen molar-refractivity contribution in [3.05, 3.63) is 53.3 Å². The first-order valence-corrected chi connectivity index (χ1v) is 6.16. The first-order valence-electron chi connectivity index (χ1n) is 6.16. The molecular weight excluding hydrogens is 256 g/mol. The molecule has 104 valence electrons. The normalized spacial score (nSPS) is 10.1. The number of carboxylic acids is 1. The molecule has 2 aromatic rings. The molecule has 0 bridgehead atoms. The fourth-order valence-electron chi connectivity index (χ4n) is 1.85. The smallest absolute Gasteiger partial charge is 0.335 e. The minimum absolute atomic E-state index is 0.219. The third kappa shape index (κ3) is 3.06. The lowest BCUT2D eigenvalue weighted by atomic mass is 10.1. The summed E-state index contributed by atoms with van der Waals surface area (Å²) < 4.78 is 5.23. The Balaban J connectivity index is 2.22. The maximum atomic E-state index is 11.0. The van der Waals surface area contributed by atoms with Gasteiger partial charge in [0, 0.05) is 18.9 Å². The van der Waals surface area contributed by atoms with Gasteiger partial charge in [0.2, 0.25) is 0 Å². The lowest BCUT2D eigenvalue weighted by Crippen LogP contribution is -2.05. The van der Waals surface area contributed by atoms with Gasteiger partial charge in [-0.3, -0.25) is 4.98 Å². The molecule has 0 aliphatic rings. The lowest BCUT2D eigenvalue weighted by molar-refractivity contribution is 0.0697. The van der Waals surface area contributed by atoms with Gasteiger partial charge in [0.1, 0.15) is 5.75 Å². The monoisotopic (exact) mass is 272 g/mol. The molecule has 0 saturated carbocycles. The number of carbonyl (C=O) groups is 1. The molecule has 5 heteroatoms. The van der Waals surface area contributed by atoms with Crippen molar-refractivity contribution in [3.8, 4) is 5.75 Å². The van der Waals surface area contributed by atoms with Crippen LogP contribution >= 0.6 is 0 Å². The highest BCUT2D eigenvalue weighted by Crippen LogP contribution is 2.26. The minimum atomic E-state index is -0.965. The quantitative estimate of drug-likeness (QED) is 0.875. The molecule has 0 spiro atoms. The van der Waals surface area contributed by atoms with Crippen molar-refractivity contribution in [1.29, 1.82) is 0 Å². The SMILES string of the molecule is COc1ccc(C(=O)O)cc1NCc1cnccc1C. The van der Waals surface area contributed by atoms with Crippen LogP contribution in [0.5, 0.6) is 5.75 Å². The van der Waals surface area contributed by atoms with E-state index < -0.39 is 5.97 Å². The van der Waals surface area contributed by atoms with E-state index in [9.17, 15) is 4.79 Å². The molecule has 0 unspecified atom stereocenters. The second kappa shape index (κ2) is 6.06.